The minimum atomic E-state index is -0.614. The highest BCUT2D eigenvalue weighted by Crippen LogP contribution is 2.29. The van der Waals surface area contributed by atoms with Crippen molar-refractivity contribution in [1.82, 2.24) is 10.2 Å². The number of nitrogens with one attached hydrogen (secondary N) is 1. The van der Waals surface area contributed by atoms with Crippen LogP contribution in [0, 0.1) is 5.82 Å². The molecule has 1 heterocycles. The Morgan fingerprint density at radius 1 is 1.15 bits per heavy atom. The highest BCUT2D eigenvalue weighted by Gasteiger charge is 2.31. The minimum absolute atomic E-state index is 0. The van der Waals surface area contributed by atoms with E-state index < -0.39 is 5.60 Å². The van der Waals surface area contributed by atoms with Gasteiger partial charge in [-0.1, -0.05) is 12.8 Å². The number of anilines is 1. The molecule has 0 atom stereocenters. The second-order valence-corrected chi connectivity index (χ2v) is 7.05. The number of hydrogen-bond donors (Lipinski definition) is 2. The van der Waals surface area contributed by atoms with Crippen LogP contribution in [0.4, 0.5) is 10.1 Å². The zero-order chi connectivity index (χ0) is 17.7. The normalized spacial score (nSPS) is 20.0. The zero-order valence-electron chi connectivity index (χ0n) is 15.5. The Morgan fingerprint density at radius 2 is 1.77 bits per heavy atom. The maximum atomic E-state index is 13.1. The van der Waals surface area contributed by atoms with Crippen LogP contribution in [0.1, 0.15) is 32.6 Å². The Kier molecular flexibility index (Phi) is 7.94. The largest absolute Gasteiger partial charge is 0.388 e. The van der Waals surface area contributed by atoms with Gasteiger partial charge in [-0.05, 0) is 44.0 Å². The van der Waals surface area contributed by atoms with Crippen LogP contribution < -0.4 is 10.2 Å². The lowest BCUT2D eigenvalue weighted by molar-refractivity contribution is 0.0571. The summed E-state index contributed by atoms with van der Waals surface area (Å²) >= 11 is 0. The molecule has 1 aromatic carbocycles. The number of guanidine groups is 1. The lowest BCUT2D eigenvalue weighted by Crippen LogP contribution is -2.53. The molecule has 0 unspecified atom stereocenters. The Labute approximate surface area is 172 Å². The molecule has 5 nitrogen and oxygen atoms in total. The fraction of sp³-hybridized carbons (Fsp3) is 0.632. The Bertz CT molecular complexity index is 582. The van der Waals surface area contributed by atoms with Gasteiger partial charge in [-0.15, -0.1) is 24.0 Å². The maximum absolute atomic E-state index is 13.1. The maximum Gasteiger partial charge on any atom is 0.194 e. The smallest absolute Gasteiger partial charge is 0.194 e. The second-order valence-electron chi connectivity index (χ2n) is 7.05. The molecule has 1 aliphatic heterocycles. The molecule has 146 valence electrons. The number of aliphatic imine (C=N–C) groups is 1. The van der Waals surface area contributed by atoms with Crippen molar-refractivity contribution in [3.05, 3.63) is 30.1 Å². The number of benzene rings is 1. The van der Waals surface area contributed by atoms with Gasteiger partial charge >= 0.3 is 0 Å². The molecule has 7 heteroatoms. The van der Waals surface area contributed by atoms with Gasteiger partial charge in [0.05, 0.1) is 12.1 Å². The highest BCUT2D eigenvalue weighted by molar-refractivity contribution is 14.0. The van der Waals surface area contributed by atoms with Crippen LogP contribution in [-0.2, 0) is 0 Å². The van der Waals surface area contributed by atoms with E-state index in [0.717, 1.165) is 70.1 Å². The molecule has 0 spiro atoms. The standard InChI is InChI=1S/C19H29FN4O.HI/c1-2-21-18(22-15-19(25)9-3-4-10-19)24-13-11-23(12-14-24)17-7-5-16(20)6-8-17;/h5-8,25H,2-4,9-15H2,1H3,(H,21,22);1H. The molecule has 1 saturated heterocycles. The van der Waals surface area contributed by atoms with Gasteiger partial charge in [0, 0.05) is 38.4 Å². The van der Waals surface area contributed by atoms with E-state index in [9.17, 15) is 9.50 Å². The molecular weight excluding hydrogens is 446 g/mol. The summed E-state index contributed by atoms with van der Waals surface area (Å²) in [5.74, 6) is 0.690. The summed E-state index contributed by atoms with van der Waals surface area (Å²) in [5.41, 5.74) is 0.444. The van der Waals surface area contributed by atoms with E-state index in [1.807, 2.05) is 12.1 Å². The number of aliphatic hydroxyl groups is 1. The minimum Gasteiger partial charge on any atom is -0.388 e. The monoisotopic (exact) mass is 476 g/mol. The number of nitrogens with zero attached hydrogens (tertiary/aromatic N) is 3. The molecule has 2 fully saturated rings. The first kappa shape index (κ1) is 21.2. The molecular formula is C19H30FIN4O. The lowest BCUT2D eigenvalue weighted by atomic mass is 10.0. The van der Waals surface area contributed by atoms with Crippen LogP contribution in [-0.4, -0.2) is 60.8 Å². The second kappa shape index (κ2) is 9.73. The summed E-state index contributed by atoms with van der Waals surface area (Å²) in [6.07, 6.45) is 3.90. The Morgan fingerprint density at radius 3 is 2.35 bits per heavy atom. The van der Waals surface area contributed by atoms with Crippen molar-refractivity contribution in [2.75, 3.05) is 44.2 Å². The Hall–Kier alpha value is -1.09. The molecule has 1 aromatic rings. The number of piperazine rings is 1. The first-order chi connectivity index (χ1) is 12.1. The fourth-order valence-electron chi connectivity index (χ4n) is 3.67. The molecule has 0 aromatic heterocycles. The first-order valence-corrected chi connectivity index (χ1v) is 9.36. The number of rotatable bonds is 4. The Balaban J connectivity index is 0.00000243. The van der Waals surface area contributed by atoms with E-state index in [1.54, 1.807) is 0 Å². The molecule has 1 saturated carbocycles. The third-order valence-electron chi connectivity index (χ3n) is 5.16. The first-order valence-electron chi connectivity index (χ1n) is 9.36. The summed E-state index contributed by atoms with van der Waals surface area (Å²) in [7, 11) is 0. The zero-order valence-corrected chi connectivity index (χ0v) is 17.8. The van der Waals surface area contributed by atoms with Gasteiger partial charge in [-0.25, -0.2) is 4.39 Å². The van der Waals surface area contributed by atoms with Crippen LogP contribution in [0.3, 0.4) is 0 Å². The molecule has 0 amide bonds. The average molecular weight is 476 g/mol. The van der Waals surface area contributed by atoms with Gasteiger partial charge in [0.25, 0.3) is 0 Å². The third kappa shape index (κ3) is 5.45. The summed E-state index contributed by atoms with van der Waals surface area (Å²) in [5, 5.41) is 13.9. The SMILES string of the molecule is CCNC(=NCC1(O)CCCC1)N1CCN(c2ccc(F)cc2)CC1.I. The van der Waals surface area contributed by atoms with Gasteiger partial charge in [-0.3, -0.25) is 4.99 Å². The molecule has 2 N–H and O–H groups in total. The van der Waals surface area contributed by atoms with Crippen molar-refractivity contribution in [2.45, 2.75) is 38.2 Å². The van der Waals surface area contributed by atoms with Crippen LogP contribution >= 0.6 is 24.0 Å². The van der Waals surface area contributed by atoms with Crippen molar-refractivity contribution in [3.8, 4) is 0 Å². The number of halogens is 2. The van der Waals surface area contributed by atoms with Gasteiger partial charge in [0.1, 0.15) is 5.82 Å². The fourth-order valence-corrected chi connectivity index (χ4v) is 3.67. The van der Waals surface area contributed by atoms with E-state index in [1.165, 1.54) is 12.1 Å². The average Bonchev–Trinajstić information content (AvgIpc) is 3.06. The highest BCUT2D eigenvalue weighted by atomic mass is 127. The van der Waals surface area contributed by atoms with Crippen LogP contribution in [0.15, 0.2) is 29.3 Å². The van der Waals surface area contributed by atoms with Crippen molar-refractivity contribution in [1.29, 1.82) is 0 Å². The molecule has 0 bridgehead atoms. The quantitative estimate of drug-likeness (QED) is 0.399. The van der Waals surface area contributed by atoms with Gasteiger partial charge < -0.3 is 20.2 Å². The van der Waals surface area contributed by atoms with Crippen LogP contribution in [0.5, 0.6) is 0 Å². The van der Waals surface area contributed by atoms with E-state index in [0.29, 0.717) is 6.54 Å². The van der Waals surface area contributed by atoms with Crippen molar-refractivity contribution in [2.24, 2.45) is 4.99 Å². The third-order valence-corrected chi connectivity index (χ3v) is 5.16. The predicted octanol–water partition coefficient (Wildman–Crippen LogP) is 2.84. The molecule has 1 aliphatic carbocycles. The topological polar surface area (TPSA) is 51.1 Å². The van der Waals surface area contributed by atoms with Crippen LogP contribution in [0.25, 0.3) is 0 Å². The van der Waals surface area contributed by atoms with Crippen molar-refractivity contribution in [3.63, 3.8) is 0 Å². The van der Waals surface area contributed by atoms with Crippen molar-refractivity contribution < 1.29 is 9.50 Å². The van der Waals surface area contributed by atoms with Gasteiger partial charge in [0.2, 0.25) is 0 Å². The molecule has 0 radical (unpaired) electrons. The molecule has 3 rings (SSSR count). The van der Waals surface area contributed by atoms with Gasteiger partial charge in [0.15, 0.2) is 5.96 Å². The van der Waals surface area contributed by atoms with Crippen molar-refractivity contribution >= 4 is 35.6 Å². The lowest BCUT2D eigenvalue weighted by Gasteiger charge is -2.38. The summed E-state index contributed by atoms with van der Waals surface area (Å²) in [6, 6.07) is 6.69. The summed E-state index contributed by atoms with van der Waals surface area (Å²) in [6.45, 7) is 6.83. The van der Waals surface area contributed by atoms with E-state index in [2.05, 4.69) is 22.0 Å². The number of hydrogen-bond acceptors (Lipinski definition) is 3. The van der Waals surface area contributed by atoms with E-state index >= 15 is 0 Å². The summed E-state index contributed by atoms with van der Waals surface area (Å²) in [4.78, 5) is 9.23. The van der Waals surface area contributed by atoms with E-state index in [-0.39, 0.29) is 29.8 Å². The van der Waals surface area contributed by atoms with Crippen LogP contribution in [0.2, 0.25) is 0 Å². The molecule has 2 aliphatic rings. The predicted molar refractivity (Wildman–Crippen MR) is 115 cm³/mol. The van der Waals surface area contributed by atoms with E-state index in [4.69, 9.17) is 4.99 Å². The summed E-state index contributed by atoms with van der Waals surface area (Å²) < 4.78 is 13.1. The molecule has 26 heavy (non-hydrogen) atoms. The van der Waals surface area contributed by atoms with Gasteiger partial charge in [-0.2, -0.15) is 0 Å².